The van der Waals surface area contributed by atoms with Crippen LogP contribution in [0.25, 0.3) is 0 Å². The lowest BCUT2D eigenvalue weighted by Gasteiger charge is -2.12. The Morgan fingerprint density at radius 1 is 1.20 bits per heavy atom. The van der Waals surface area contributed by atoms with Crippen LogP contribution in [-0.2, 0) is 0 Å². The second-order valence-corrected chi connectivity index (χ2v) is 3.38. The molecule has 0 aromatic rings. The van der Waals surface area contributed by atoms with E-state index in [1.165, 1.54) is 0 Å². The maximum absolute atomic E-state index is 9.38. The highest BCUT2D eigenvalue weighted by atomic mass is 16.3. The molecule has 1 saturated carbocycles. The van der Waals surface area contributed by atoms with Crippen molar-refractivity contribution in [2.24, 2.45) is 11.8 Å². The summed E-state index contributed by atoms with van der Waals surface area (Å²) in [5.41, 5.74) is 0. The van der Waals surface area contributed by atoms with Crippen molar-refractivity contribution in [3.05, 3.63) is 0 Å². The number of hydrogen-bond acceptors (Lipinski definition) is 3. The zero-order valence-electron chi connectivity index (χ0n) is 5.83. The van der Waals surface area contributed by atoms with E-state index < -0.39 is 12.2 Å². The summed E-state index contributed by atoms with van der Waals surface area (Å²) < 4.78 is 0. The van der Waals surface area contributed by atoms with Gasteiger partial charge in [0.25, 0.3) is 0 Å². The van der Waals surface area contributed by atoms with E-state index in [1.807, 2.05) is 0 Å². The highest BCUT2D eigenvalue weighted by molar-refractivity contribution is 4.96. The summed E-state index contributed by atoms with van der Waals surface area (Å²) in [5.74, 6) is 0.833. The van der Waals surface area contributed by atoms with Gasteiger partial charge in [0.2, 0.25) is 0 Å². The van der Waals surface area contributed by atoms with Gasteiger partial charge in [0.1, 0.15) is 0 Å². The average molecular weight is 143 g/mol. The van der Waals surface area contributed by atoms with Gasteiger partial charge in [-0.1, -0.05) is 0 Å². The maximum atomic E-state index is 9.38. The molecular weight excluding hydrogens is 130 g/mol. The molecule has 58 valence electrons. The number of fused-ring (bicyclic) bond motifs is 1. The molecule has 0 radical (unpaired) electrons. The lowest BCUT2D eigenvalue weighted by Crippen LogP contribution is -2.28. The van der Waals surface area contributed by atoms with Crippen LogP contribution in [0, 0.1) is 11.8 Å². The molecule has 2 rings (SSSR count). The fourth-order valence-corrected chi connectivity index (χ4v) is 2.15. The van der Waals surface area contributed by atoms with Crippen molar-refractivity contribution in [1.82, 2.24) is 5.32 Å². The topological polar surface area (TPSA) is 52.5 Å². The van der Waals surface area contributed by atoms with E-state index in [-0.39, 0.29) is 0 Å². The molecule has 2 fully saturated rings. The zero-order chi connectivity index (χ0) is 7.14. The summed E-state index contributed by atoms with van der Waals surface area (Å²) in [7, 11) is 0. The Morgan fingerprint density at radius 2 is 2.00 bits per heavy atom. The van der Waals surface area contributed by atoms with Gasteiger partial charge in [-0.3, -0.25) is 0 Å². The van der Waals surface area contributed by atoms with Crippen LogP contribution in [-0.4, -0.2) is 35.5 Å². The van der Waals surface area contributed by atoms with Gasteiger partial charge in [-0.05, 0) is 18.9 Å². The van der Waals surface area contributed by atoms with E-state index in [4.69, 9.17) is 0 Å². The second-order valence-electron chi connectivity index (χ2n) is 3.38. The predicted molar refractivity (Wildman–Crippen MR) is 36.5 cm³/mol. The summed E-state index contributed by atoms with van der Waals surface area (Å²) in [5, 5.41) is 21.8. The van der Waals surface area contributed by atoms with Crippen molar-refractivity contribution in [2.45, 2.75) is 18.6 Å². The second kappa shape index (κ2) is 2.19. The molecule has 1 heterocycles. The van der Waals surface area contributed by atoms with Crippen LogP contribution in [0.15, 0.2) is 0 Å². The summed E-state index contributed by atoms with van der Waals surface area (Å²) in [6, 6.07) is 0. The Balaban J connectivity index is 2.09. The van der Waals surface area contributed by atoms with Gasteiger partial charge >= 0.3 is 0 Å². The fraction of sp³-hybridized carbons (Fsp3) is 1.00. The molecule has 0 spiro atoms. The summed E-state index contributed by atoms with van der Waals surface area (Å²) in [6.45, 7) is 1.85. The minimum absolute atomic E-state index is 0.315. The number of aliphatic hydroxyl groups excluding tert-OH is 2. The molecule has 3 N–H and O–H groups in total. The Bertz CT molecular complexity index is 138. The van der Waals surface area contributed by atoms with Crippen LogP contribution in [0.4, 0.5) is 0 Å². The predicted octanol–water partition coefficient (Wildman–Crippen LogP) is -1.05. The molecule has 0 bridgehead atoms. The minimum atomic E-state index is -0.472. The minimum Gasteiger partial charge on any atom is -0.390 e. The Hall–Kier alpha value is -0.120. The first-order chi connectivity index (χ1) is 4.79. The first-order valence-corrected chi connectivity index (χ1v) is 3.86. The largest absolute Gasteiger partial charge is 0.390 e. The monoisotopic (exact) mass is 143 g/mol. The molecule has 0 aromatic heterocycles. The lowest BCUT2D eigenvalue weighted by atomic mass is 9.99. The Morgan fingerprint density at radius 3 is 2.70 bits per heavy atom. The molecule has 0 aromatic carbocycles. The molecule has 2 aliphatic rings. The first-order valence-electron chi connectivity index (χ1n) is 3.86. The molecule has 10 heavy (non-hydrogen) atoms. The fourth-order valence-electron chi connectivity index (χ4n) is 2.15. The molecule has 1 aliphatic heterocycles. The van der Waals surface area contributed by atoms with Gasteiger partial charge in [-0.25, -0.2) is 0 Å². The molecule has 3 heteroatoms. The molecule has 4 atom stereocenters. The van der Waals surface area contributed by atoms with Crippen LogP contribution >= 0.6 is 0 Å². The summed E-state index contributed by atoms with van der Waals surface area (Å²) in [4.78, 5) is 0. The van der Waals surface area contributed by atoms with Crippen LogP contribution < -0.4 is 5.32 Å². The van der Waals surface area contributed by atoms with Crippen LogP contribution in [0.5, 0.6) is 0 Å². The number of rotatable bonds is 0. The van der Waals surface area contributed by atoms with E-state index in [9.17, 15) is 10.2 Å². The SMILES string of the molecule is OC1CC2CNCC2C1O. The molecule has 1 saturated heterocycles. The van der Waals surface area contributed by atoms with Gasteiger partial charge < -0.3 is 15.5 Å². The van der Waals surface area contributed by atoms with Gasteiger partial charge in [0, 0.05) is 12.5 Å². The van der Waals surface area contributed by atoms with Crippen LogP contribution in [0.1, 0.15) is 6.42 Å². The average Bonchev–Trinajstić information content (AvgIpc) is 2.41. The molecule has 4 unspecified atom stereocenters. The number of aliphatic hydroxyl groups is 2. The van der Waals surface area contributed by atoms with E-state index in [0.29, 0.717) is 11.8 Å². The quantitative estimate of drug-likeness (QED) is 0.405. The molecular formula is C7H13NO2. The van der Waals surface area contributed by atoms with Crippen molar-refractivity contribution in [1.29, 1.82) is 0 Å². The third kappa shape index (κ3) is 0.779. The van der Waals surface area contributed by atoms with E-state index in [1.54, 1.807) is 0 Å². The van der Waals surface area contributed by atoms with Crippen molar-refractivity contribution >= 4 is 0 Å². The Labute approximate surface area is 60.1 Å². The normalized spacial score (nSPS) is 53.4. The highest BCUT2D eigenvalue weighted by Gasteiger charge is 2.43. The molecule has 0 amide bonds. The van der Waals surface area contributed by atoms with E-state index >= 15 is 0 Å². The summed E-state index contributed by atoms with van der Waals surface area (Å²) >= 11 is 0. The Kier molecular flexibility index (Phi) is 1.44. The van der Waals surface area contributed by atoms with E-state index in [2.05, 4.69) is 5.32 Å². The van der Waals surface area contributed by atoms with Crippen LogP contribution in [0.3, 0.4) is 0 Å². The maximum Gasteiger partial charge on any atom is 0.0842 e. The third-order valence-corrected chi connectivity index (χ3v) is 2.77. The first kappa shape index (κ1) is 6.58. The molecule has 1 aliphatic carbocycles. The zero-order valence-corrected chi connectivity index (χ0v) is 5.83. The lowest BCUT2D eigenvalue weighted by molar-refractivity contribution is 0.0221. The van der Waals surface area contributed by atoms with Gasteiger partial charge in [0.15, 0.2) is 0 Å². The number of hydrogen-bond donors (Lipinski definition) is 3. The molecule has 3 nitrogen and oxygen atoms in total. The van der Waals surface area contributed by atoms with Crippen LogP contribution in [0.2, 0.25) is 0 Å². The van der Waals surface area contributed by atoms with Crippen molar-refractivity contribution in [3.8, 4) is 0 Å². The van der Waals surface area contributed by atoms with Crippen molar-refractivity contribution in [3.63, 3.8) is 0 Å². The highest BCUT2D eigenvalue weighted by Crippen LogP contribution is 2.34. The summed E-state index contributed by atoms with van der Waals surface area (Å²) in [6.07, 6.45) is -0.157. The van der Waals surface area contributed by atoms with Crippen molar-refractivity contribution in [2.75, 3.05) is 13.1 Å². The van der Waals surface area contributed by atoms with E-state index in [0.717, 1.165) is 19.5 Å². The van der Waals surface area contributed by atoms with Gasteiger partial charge in [0.05, 0.1) is 12.2 Å². The third-order valence-electron chi connectivity index (χ3n) is 2.77. The standard InChI is InChI=1S/C7H13NO2/c9-6-1-4-2-8-3-5(4)7(6)10/h4-10H,1-3H2. The van der Waals surface area contributed by atoms with Gasteiger partial charge in [-0.2, -0.15) is 0 Å². The number of nitrogens with one attached hydrogen (secondary N) is 1. The van der Waals surface area contributed by atoms with Gasteiger partial charge in [-0.15, -0.1) is 0 Å². The smallest absolute Gasteiger partial charge is 0.0842 e. The van der Waals surface area contributed by atoms with Crippen molar-refractivity contribution < 1.29 is 10.2 Å².